The lowest BCUT2D eigenvalue weighted by Gasteiger charge is -2.14. The number of likely N-dealkylation sites (N-methyl/N-ethyl adjacent to an activating group) is 1. The normalized spacial score (nSPS) is 11.6. The van der Waals surface area contributed by atoms with Crippen LogP contribution in [0.25, 0.3) is 0 Å². The molecule has 0 aliphatic rings. The second kappa shape index (κ2) is 12.5. The topological polar surface area (TPSA) is 68.8 Å². The standard InChI is InChI=1S/C21H26F3N5O.HI/c1-25-20(26-12-15-6-4-8-17(10-15)21(22,23)24)27-13-16-7-5-9-18(11-16)28-19(30)14-29(2)3;/h4-11H,12-14H2,1-3H3,(H,28,30)(H2,25,26,27);1H. The second-order valence-corrected chi connectivity index (χ2v) is 6.96. The molecule has 0 aliphatic heterocycles. The number of guanidine groups is 1. The van der Waals surface area contributed by atoms with Gasteiger partial charge in [-0.05, 0) is 49.5 Å². The van der Waals surface area contributed by atoms with Gasteiger partial charge in [0.1, 0.15) is 0 Å². The van der Waals surface area contributed by atoms with Crippen LogP contribution in [0.5, 0.6) is 0 Å². The fraction of sp³-hybridized carbons (Fsp3) is 0.333. The molecule has 0 heterocycles. The SMILES string of the molecule is CN=C(NCc1cccc(NC(=O)CN(C)C)c1)NCc1cccc(C(F)(F)F)c1.I. The highest BCUT2D eigenvalue weighted by molar-refractivity contribution is 14.0. The van der Waals surface area contributed by atoms with Gasteiger partial charge >= 0.3 is 6.18 Å². The van der Waals surface area contributed by atoms with Crippen LogP contribution < -0.4 is 16.0 Å². The summed E-state index contributed by atoms with van der Waals surface area (Å²) in [5.41, 5.74) is 1.42. The molecular weight excluding hydrogens is 522 g/mol. The summed E-state index contributed by atoms with van der Waals surface area (Å²) in [6, 6.07) is 12.5. The molecule has 0 saturated carbocycles. The molecule has 31 heavy (non-hydrogen) atoms. The second-order valence-electron chi connectivity index (χ2n) is 6.96. The van der Waals surface area contributed by atoms with Crippen molar-refractivity contribution in [1.29, 1.82) is 0 Å². The molecule has 2 rings (SSSR count). The van der Waals surface area contributed by atoms with Crippen molar-refractivity contribution in [3.8, 4) is 0 Å². The Labute approximate surface area is 197 Å². The van der Waals surface area contributed by atoms with Gasteiger partial charge in [0.25, 0.3) is 0 Å². The van der Waals surface area contributed by atoms with E-state index < -0.39 is 11.7 Å². The minimum Gasteiger partial charge on any atom is -0.352 e. The summed E-state index contributed by atoms with van der Waals surface area (Å²) in [6.45, 7) is 0.915. The molecular formula is C21H27F3IN5O. The number of hydrogen-bond donors (Lipinski definition) is 3. The number of benzene rings is 2. The van der Waals surface area contributed by atoms with E-state index in [1.165, 1.54) is 6.07 Å². The van der Waals surface area contributed by atoms with E-state index in [-0.39, 0.29) is 43.0 Å². The van der Waals surface area contributed by atoms with Gasteiger partial charge in [0, 0.05) is 25.8 Å². The Kier molecular flexibility index (Phi) is 10.8. The van der Waals surface area contributed by atoms with Crippen LogP contribution >= 0.6 is 24.0 Å². The third-order valence-corrected chi connectivity index (χ3v) is 4.07. The zero-order valence-electron chi connectivity index (χ0n) is 17.6. The van der Waals surface area contributed by atoms with E-state index in [2.05, 4.69) is 20.9 Å². The highest BCUT2D eigenvalue weighted by Gasteiger charge is 2.30. The van der Waals surface area contributed by atoms with Crippen molar-refractivity contribution in [2.75, 3.05) is 33.0 Å². The molecule has 3 N–H and O–H groups in total. The average molecular weight is 549 g/mol. The first-order chi connectivity index (χ1) is 14.2. The van der Waals surface area contributed by atoms with Gasteiger partial charge in [0.15, 0.2) is 5.96 Å². The number of nitrogens with zero attached hydrogens (tertiary/aromatic N) is 2. The first kappa shape index (κ1) is 26.7. The number of anilines is 1. The molecule has 0 saturated heterocycles. The number of carbonyl (C=O) groups excluding carboxylic acids is 1. The molecule has 170 valence electrons. The summed E-state index contributed by atoms with van der Waals surface area (Å²) >= 11 is 0. The van der Waals surface area contributed by atoms with E-state index in [4.69, 9.17) is 0 Å². The lowest BCUT2D eigenvalue weighted by Crippen LogP contribution is -2.36. The number of nitrogens with one attached hydrogen (secondary N) is 3. The third-order valence-electron chi connectivity index (χ3n) is 4.07. The molecule has 0 radical (unpaired) electrons. The molecule has 0 aliphatic carbocycles. The number of hydrogen-bond acceptors (Lipinski definition) is 3. The van der Waals surface area contributed by atoms with Crippen LogP contribution in [0.3, 0.4) is 0 Å². The summed E-state index contributed by atoms with van der Waals surface area (Å²) in [5.74, 6) is 0.345. The first-order valence-electron chi connectivity index (χ1n) is 9.31. The largest absolute Gasteiger partial charge is 0.416 e. The van der Waals surface area contributed by atoms with Crippen molar-refractivity contribution in [3.05, 3.63) is 65.2 Å². The van der Waals surface area contributed by atoms with E-state index in [0.29, 0.717) is 23.8 Å². The van der Waals surface area contributed by atoms with Crippen LogP contribution in [-0.2, 0) is 24.1 Å². The molecule has 0 atom stereocenters. The number of alkyl halides is 3. The Morgan fingerprint density at radius 2 is 1.58 bits per heavy atom. The van der Waals surface area contributed by atoms with Crippen LogP contribution in [0.2, 0.25) is 0 Å². The predicted octanol–water partition coefficient (Wildman–Crippen LogP) is 3.69. The van der Waals surface area contributed by atoms with Crippen LogP contribution in [0.15, 0.2) is 53.5 Å². The van der Waals surface area contributed by atoms with Crippen molar-refractivity contribution >= 4 is 41.5 Å². The monoisotopic (exact) mass is 549 g/mol. The third kappa shape index (κ3) is 9.55. The van der Waals surface area contributed by atoms with Gasteiger partial charge in [-0.15, -0.1) is 24.0 Å². The number of halogens is 4. The maximum atomic E-state index is 12.8. The number of rotatable bonds is 7. The quantitative estimate of drug-likeness (QED) is 0.280. The number of amides is 1. The number of aliphatic imine (C=N–C) groups is 1. The summed E-state index contributed by atoms with van der Waals surface area (Å²) in [5, 5.41) is 8.94. The maximum absolute atomic E-state index is 12.8. The zero-order valence-corrected chi connectivity index (χ0v) is 19.9. The molecule has 6 nitrogen and oxygen atoms in total. The Bertz CT molecular complexity index is 887. The Balaban J connectivity index is 0.00000480. The van der Waals surface area contributed by atoms with Crippen LogP contribution in [-0.4, -0.2) is 44.5 Å². The van der Waals surface area contributed by atoms with Gasteiger partial charge in [-0.3, -0.25) is 9.79 Å². The zero-order chi connectivity index (χ0) is 22.1. The van der Waals surface area contributed by atoms with Gasteiger partial charge in [-0.1, -0.05) is 24.3 Å². The average Bonchev–Trinajstić information content (AvgIpc) is 2.67. The van der Waals surface area contributed by atoms with Crippen molar-refractivity contribution < 1.29 is 18.0 Å². The molecule has 2 aromatic rings. The molecule has 0 unspecified atom stereocenters. The van der Waals surface area contributed by atoms with Crippen LogP contribution in [0.4, 0.5) is 18.9 Å². The smallest absolute Gasteiger partial charge is 0.352 e. The molecule has 2 aromatic carbocycles. The minimum absolute atomic E-state index is 0. The van der Waals surface area contributed by atoms with Gasteiger partial charge < -0.3 is 20.9 Å². The molecule has 0 aromatic heterocycles. The van der Waals surface area contributed by atoms with E-state index >= 15 is 0 Å². The van der Waals surface area contributed by atoms with E-state index in [9.17, 15) is 18.0 Å². The van der Waals surface area contributed by atoms with Gasteiger partial charge in [-0.2, -0.15) is 13.2 Å². The van der Waals surface area contributed by atoms with Crippen molar-refractivity contribution in [3.63, 3.8) is 0 Å². The molecule has 0 spiro atoms. The highest BCUT2D eigenvalue weighted by atomic mass is 127. The van der Waals surface area contributed by atoms with Gasteiger partial charge in [-0.25, -0.2) is 0 Å². The molecule has 10 heteroatoms. The predicted molar refractivity (Wildman–Crippen MR) is 128 cm³/mol. The van der Waals surface area contributed by atoms with Crippen molar-refractivity contribution in [2.24, 2.45) is 4.99 Å². The maximum Gasteiger partial charge on any atom is 0.416 e. The van der Waals surface area contributed by atoms with E-state index in [1.54, 1.807) is 24.1 Å². The minimum atomic E-state index is -4.37. The fourth-order valence-electron chi connectivity index (χ4n) is 2.70. The summed E-state index contributed by atoms with van der Waals surface area (Å²) in [6.07, 6.45) is -4.37. The first-order valence-corrected chi connectivity index (χ1v) is 9.31. The summed E-state index contributed by atoms with van der Waals surface area (Å²) in [4.78, 5) is 17.8. The molecule has 1 amide bonds. The van der Waals surface area contributed by atoms with Crippen LogP contribution in [0.1, 0.15) is 16.7 Å². The van der Waals surface area contributed by atoms with Gasteiger partial charge in [0.05, 0.1) is 12.1 Å². The van der Waals surface area contributed by atoms with Crippen LogP contribution in [0, 0.1) is 0 Å². The Morgan fingerprint density at radius 3 is 2.13 bits per heavy atom. The fourth-order valence-corrected chi connectivity index (χ4v) is 2.70. The lowest BCUT2D eigenvalue weighted by molar-refractivity contribution is -0.137. The van der Waals surface area contributed by atoms with E-state index in [0.717, 1.165) is 17.7 Å². The summed E-state index contributed by atoms with van der Waals surface area (Å²) < 4.78 is 38.5. The Hall–Kier alpha value is -2.34. The lowest BCUT2D eigenvalue weighted by atomic mass is 10.1. The van der Waals surface area contributed by atoms with Crippen molar-refractivity contribution in [2.45, 2.75) is 19.3 Å². The Morgan fingerprint density at radius 1 is 1.00 bits per heavy atom. The van der Waals surface area contributed by atoms with Crippen molar-refractivity contribution in [1.82, 2.24) is 15.5 Å². The molecule has 0 fully saturated rings. The summed E-state index contributed by atoms with van der Waals surface area (Å²) in [7, 11) is 5.22. The molecule has 0 bridgehead atoms. The van der Waals surface area contributed by atoms with Gasteiger partial charge in [0.2, 0.25) is 5.91 Å². The number of carbonyl (C=O) groups is 1. The highest BCUT2D eigenvalue weighted by Crippen LogP contribution is 2.29. The van der Waals surface area contributed by atoms with E-state index in [1.807, 2.05) is 32.3 Å².